The van der Waals surface area contributed by atoms with Gasteiger partial charge in [0.25, 0.3) is 0 Å². The van der Waals surface area contributed by atoms with Crippen LogP contribution in [0.25, 0.3) is 0 Å². The van der Waals surface area contributed by atoms with Crippen LogP contribution in [-0.4, -0.2) is 23.5 Å². The quantitative estimate of drug-likeness (QED) is 0.652. The average molecular weight is 255 g/mol. The number of hydrogen-bond acceptors (Lipinski definition) is 1. The summed E-state index contributed by atoms with van der Waals surface area (Å²) in [5.74, 6) is 0.751. The third-order valence-corrected chi connectivity index (χ3v) is 4.33. The summed E-state index contributed by atoms with van der Waals surface area (Å²) in [6, 6.07) is 0. The smallest absolute Gasteiger partial charge is 0.0125 e. The predicted molar refractivity (Wildman–Crippen MR) is 84.0 cm³/mol. The molecule has 0 saturated heterocycles. The van der Waals surface area contributed by atoms with Gasteiger partial charge in [-0.3, -0.25) is 4.90 Å². The minimum Gasteiger partial charge on any atom is -0.298 e. The summed E-state index contributed by atoms with van der Waals surface area (Å²) in [5, 5.41) is 0. The highest BCUT2D eigenvalue weighted by atomic mass is 15.2. The van der Waals surface area contributed by atoms with E-state index in [1.54, 1.807) is 0 Å². The van der Waals surface area contributed by atoms with E-state index in [1.807, 2.05) is 0 Å². The second kappa shape index (κ2) is 5.94. The molecule has 0 bridgehead atoms. The Labute approximate surface area is 116 Å². The fraction of sp³-hybridized carbons (Fsp3) is 1.00. The summed E-state index contributed by atoms with van der Waals surface area (Å²) in [6.07, 6.45) is 1.26. The van der Waals surface area contributed by atoms with E-state index >= 15 is 0 Å². The monoisotopic (exact) mass is 255 g/mol. The van der Waals surface area contributed by atoms with Crippen LogP contribution >= 0.6 is 0 Å². The maximum atomic E-state index is 2.61. The van der Waals surface area contributed by atoms with Gasteiger partial charge in [-0.2, -0.15) is 0 Å². The number of hydrogen-bond donors (Lipinski definition) is 0. The van der Waals surface area contributed by atoms with E-state index in [0.717, 1.165) is 12.5 Å². The Morgan fingerprint density at radius 1 is 0.833 bits per heavy atom. The molecule has 1 nitrogen and oxygen atoms in total. The molecular formula is C17H37N. The first-order valence-corrected chi connectivity index (χ1v) is 7.61. The maximum absolute atomic E-state index is 2.61. The Morgan fingerprint density at radius 2 is 1.28 bits per heavy atom. The topological polar surface area (TPSA) is 3.24 Å². The van der Waals surface area contributed by atoms with Gasteiger partial charge in [-0.15, -0.1) is 0 Å². The van der Waals surface area contributed by atoms with E-state index in [2.05, 4.69) is 74.1 Å². The zero-order valence-electron chi connectivity index (χ0n) is 14.6. The lowest BCUT2D eigenvalue weighted by molar-refractivity contribution is 0.0144. The van der Waals surface area contributed by atoms with Crippen molar-refractivity contribution in [1.82, 2.24) is 4.90 Å². The molecule has 1 atom stereocenters. The van der Waals surface area contributed by atoms with Crippen molar-refractivity contribution in [3.63, 3.8) is 0 Å². The molecular weight excluding hydrogens is 218 g/mol. The van der Waals surface area contributed by atoms with Crippen molar-refractivity contribution in [2.45, 2.75) is 81.2 Å². The summed E-state index contributed by atoms with van der Waals surface area (Å²) >= 11 is 0. The molecule has 0 aliphatic carbocycles. The molecule has 0 amide bonds. The lowest BCUT2D eigenvalue weighted by Crippen LogP contribution is -2.49. The van der Waals surface area contributed by atoms with Crippen LogP contribution in [-0.2, 0) is 0 Å². The lowest BCUT2D eigenvalue weighted by atomic mass is 9.64. The van der Waals surface area contributed by atoms with E-state index in [0.29, 0.717) is 10.8 Å². The Bertz CT molecular complexity index is 239. The molecule has 0 saturated carbocycles. The van der Waals surface area contributed by atoms with Crippen LogP contribution in [0.3, 0.4) is 0 Å². The number of nitrogens with zero attached hydrogens (tertiary/aromatic N) is 1. The third-order valence-electron chi connectivity index (χ3n) is 4.33. The fourth-order valence-electron chi connectivity index (χ4n) is 3.76. The number of rotatable bonds is 5. The highest BCUT2D eigenvalue weighted by Gasteiger charge is 2.39. The van der Waals surface area contributed by atoms with Crippen LogP contribution in [0.1, 0.15) is 75.7 Å². The normalized spacial score (nSPS) is 16.2. The minimum atomic E-state index is 0.266. The molecule has 0 aliphatic heterocycles. The summed E-state index contributed by atoms with van der Waals surface area (Å²) in [6.45, 7) is 25.9. The van der Waals surface area contributed by atoms with Gasteiger partial charge in [-0.25, -0.2) is 0 Å². The van der Waals surface area contributed by atoms with Crippen LogP contribution in [0.5, 0.6) is 0 Å². The van der Waals surface area contributed by atoms with Crippen molar-refractivity contribution in [3.8, 4) is 0 Å². The van der Waals surface area contributed by atoms with E-state index in [9.17, 15) is 0 Å². The molecule has 0 heterocycles. The molecule has 1 heteroatoms. The SMILES string of the molecule is CCC(C(C)(C)C)C(C)(C)CN(CC)C(C)(C)C. The summed E-state index contributed by atoms with van der Waals surface area (Å²) in [4.78, 5) is 2.61. The molecule has 0 aromatic rings. The van der Waals surface area contributed by atoms with Gasteiger partial charge in [0, 0.05) is 12.1 Å². The first-order valence-electron chi connectivity index (χ1n) is 7.61. The predicted octanol–water partition coefficient (Wildman–Crippen LogP) is 5.21. The van der Waals surface area contributed by atoms with E-state index in [1.165, 1.54) is 13.0 Å². The molecule has 110 valence electrons. The molecule has 0 aromatic heterocycles. The molecule has 0 N–H and O–H groups in total. The van der Waals surface area contributed by atoms with Gasteiger partial charge < -0.3 is 0 Å². The molecule has 0 fully saturated rings. The average Bonchev–Trinajstić information content (AvgIpc) is 2.10. The van der Waals surface area contributed by atoms with E-state index in [4.69, 9.17) is 0 Å². The Balaban J connectivity index is 5.02. The Hall–Kier alpha value is -0.0400. The second-order valence-electron chi connectivity index (χ2n) is 8.50. The zero-order chi connectivity index (χ0) is 14.8. The molecule has 0 rings (SSSR count). The minimum absolute atomic E-state index is 0.266. The molecule has 0 radical (unpaired) electrons. The van der Waals surface area contributed by atoms with Gasteiger partial charge in [0.1, 0.15) is 0 Å². The first-order chi connectivity index (χ1) is 7.86. The van der Waals surface area contributed by atoms with E-state index in [-0.39, 0.29) is 5.54 Å². The highest BCUT2D eigenvalue weighted by molar-refractivity contribution is 4.90. The molecule has 0 aliphatic rings. The molecule has 0 spiro atoms. The fourth-order valence-corrected chi connectivity index (χ4v) is 3.76. The third kappa shape index (κ3) is 4.91. The summed E-state index contributed by atoms with van der Waals surface area (Å²) < 4.78 is 0. The lowest BCUT2D eigenvalue weighted by Gasteiger charge is -2.47. The Kier molecular flexibility index (Phi) is 5.93. The largest absolute Gasteiger partial charge is 0.298 e. The van der Waals surface area contributed by atoms with Crippen molar-refractivity contribution in [1.29, 1.82) is 0 Å². The van der Waals surface area contributed by atoms with Gasteiger partial charge in [-0.05, 0) is 44.1 Å². The van der Waals surface area contributed by atoms with Crippen LogP contribution in [0, 0.1) is 16.7 Å². The van der Waals surface area contributed by atoms with Crippen molar-refractivity contribution < 1.29 is 0 Å². The van der Waals surface area contributed by atoms with Crippen molar-refractivity contribution in [3.05, 3.63) is 0 Å². The summed E-state index contributed by atoms with van der Waals surface area (Å²) in [7, 11) is 0. The first kappa shape index (κ1) is 18.0. The van der Waals surface area contributed by atoms with Crippen LogP contribution in [0.15, 0.2) is 0 Å². The van der Waals surface area contributed by atoms with Gasteiger partial charge in [0.2, 0.25) is 0 Å². The van der Waals surface area contributed by atoms with Crippen molar-refractivity contribution in [2.24, 2.45) is 16.7 Å². The Morgan fingerprint density at radius 3 is 1.50 bits per heavy atom. The van der Waals surface area contributed by atoms with Gasteiger partial charge in [0.05, 0.1) is 0 Å². The summed E-state index contributed by atoms with van der Waals surface area (Å²) in [5.41, 5.74) is 1.01. The standard InChI is InChI=1S/C17H37N/c1-11-14(15(3,4)5)17(9,10)13-18(12-2)16(6,7)8/h14H,11-13H2,1-10H3. The van der Waals surface area contributed by atoms with Crippen molar-refractivity contribution >= 4 is 0 Å². The highest BCUT2D eigenvalue weighted by Crippen LogP contribution is 2.43. The van der Waals surface area contributed by atoms with Gasteiger partial charge in [-0.1, -0.05) is 54.9 Å². The molecule has 0 aromatic carbocycles. The second-order valence-corrected chi connectivity index (χ2v) is 8.50. The van der Waals surface area contributed by atoms with Crippen LogP contribution in [0.2, 0.25) is 0 Å². The van der Waals surface area contributed by atoms with Gasteiger partial charge >= 0.3 is 0 Å². The zero-order valence-corrected chi connectivity index (χ0v) is 14.6. The van der Waals surface area contributed by atoms with Crippen LogP contribution < -0.4 is 0 Å². The molecule has 18 heavy (non-hydrogen) atoms. The molecule has 1 unspecified atom stereocenters. The van der Waals surface area contributed by atoms with E-state index < -0.39 is 0 Å². The van der Waals surface area contributed by atoms with Crippen LogP contribution in [0.4, 0.5) is 0 Å². The maximum Gasteiger partial charge on any atom is 0.0125 e. The van der Waals surface area contributed by atoms with Crippen molar-refractivity contribution in [2.75, 3.05) is 13.1 Å². The van der Waals surface area contributed by atoms with Gasteiger partial charge in [0.15, 0.2) is 0 Å².